The molecule has 1 aromatic carbocycles. The SMILES string of the molecule is Cc1cccc(N2CCN(CCC(=O)N[C@@H]3C[C@@H](C(=O)O)N(C)C3)CC2)c1. The van der Waals surface area contributed by atoms with Crippen molar-refractivity contribution in [1.82, 2.24) is 15.1 Å². The number of hydrogen-bond donors (Lipinski definition) is 2. The van der Waals surface area contributed by atoms with E-state index in [-0.39, 0.29) is 11.9 Å². The number of hydrogen-bond acceptors (Lipinski definition) is 5. The van der Waals surface area contributed by atoms with Crippen LogP contribution >= 0.6 is 0 Å². The molecule has 2 fully saturated rings. The molecule has 3 rings (SSSR count). The minimum absolute atomic E-state index is 0.0144. The molecule has 0 spiro atoms. The number of carboxylic acid groups (broad SMARTS) is 1. The van der Waals surface area contributed by atoms with Crippen molar-refractivity contribution in [2.24, 2.45) is 0 Å². The number of benzene rings is 1. The summed E-state index contributed by atoms with van der Waals surface area (Å²) in [5, 5.41) is 12.2. The molecule has 2 heterocycles. The fourth-order valence-corrected chi connectivity index (χ4v) is 4.01. The molecule has 2 saturated heterocycles. The molecular weight excluding hydrogens is 344 g/mol. The summed E-state index contributed by atoms with van der Waals surface area (Å²) in [7, 11) is 1.79. The van der Waals surface area contributed by atoms with Gasteiger partial charge in [0.25, 0.3) is 0 Å². The molecule has 0 aliphatic carbocycles. The van der Waals surface area contributed by atoms with Crippen molar-refractivity contribution >= 4 is 17.6 Å². The van der Waals surface area contributed by atoms with Crippen LogP contribution in [0.1, 0.15) is 18.4 Å². The monoisotopic (exact) mass is 374 g/mol. The highest BCUT2D eigenvalue weighted by atomic mass is 16.4. The Balaban J connectivity index is 1.37. The Morgan fingerprint density at radius 2 is 1.96 bits per heavy atom. The largest absolute Gasteiger partial charge is 0.480 e. The number of likely N-dealkylation sites (tertiary alicyclic amines) is 1. The third-order valence-corrected chi connectivity index (χ3v) is 5.59. The fourth-order valence-electron chi connectivity index (χ4n) is 4.01. The third kappa shape index (κ3) is 5.20. The van der Waals surface area contributed by atoms with E-state index in [1.54, 1.807) is 11.9 Å². The molecule has 0 radical (unpaired) electrons. The molecule has 1 amide bonds. The minimum Gasteiger partial charge on any atom is -0.480 e. The number of likely N-dealkylation sites (N-methyl/N-ethyl adjacent to an activating group) is 1. The number of aryl methyl sites for hydroxylation is 1. The Morgan fingerprint density at radius 1 is 1.22 bits per heavy atom. The molecule has 1 aromatic rings. The highest BCUT2D eigenvalue weighted by Crippen LogP contribution is 2.18. The first-order valence-corrected chi connectivity index (χ1v) is 9.69. The maximum absolute atomic E-state index is 12.2. The first-order valence-electron chi connectivity index (χ1n) is 9.69. The van der Waals surface area contributed by atoms with Gasteiger partial charge in [0.05, 0.1) is 0 Å². The summed E-state index contributed by atoms with van der Waals surface area (Å²) >= 11 is 0. The summed E-state index contributed by atoms with van der Waals surface area (Å²) < 4.78 is 0. The van der Waals surface area contributed by atoms with E-state index < -0.39 is 12.0 Å². The van der Waals surface area contributed by atoms with Crippen molar-refractivity contribution in [2.75, 3.05) is 51.2 Å². The van der Waals surface area contributed by atoms with Crippen molar-refractivity contribution in [3.63, 3.8) is 0 Å². The number of carbonyl (C=O) groups excluding carboxylic acids is 1. The quantitative estimate of drug-likeness (QED) is 0.766. The first kappa shape index (κ1) is 19.6. The van der Waals surface area contributed by atoms with E-state index in [9.17, 15) is 9.59 Å². The summed E-state index contributed by atoms with van der Waals surface area (Å²) in [4.78, 5) is 29.9. The van der Waals surface area contributed by atoms with Gasteiger partial charge in [-0.3, -0.25) is 19.4 Å². The van der Waals surface area contributed by atoms with Gasteiger partial charge in [-0.2, -0.15) is 0 Å². The molecule has 7 nitrogen and oxygen atoms in total. The van der Waals surface area contributed by atoms with E-state index in [0.29, 0.717) is 19.4 Å². The Kier molecular flexibility index (Phi) is 6.34. The normalized spacial score (nSPS) is 24.1. The van der Waals surface area contributed by atoms with Crippen molar-refractivity contribution in [3.8, 4) is 0 Å². The zero-order chi connectivity index (χ0) is 19.4. The molecule has 2 N–H and O–H groups in total. The summed E-state index contributed by atoms with van der Waals surface area (Å²) in [6, 6.07) is 8.01. The maximum Gasteiger partial charge on any atom is 0.320 e. The van der Waals surface area contributed by atoms with Crippen molar-refractivity contribution in [2.45, 2.75) is 31.8 Å². The molecule has 2 aliphatic rings. The second kappa shape index (κ2) is 8.71. The molecule has 7 heteroatoms. The number of anilines is 1. The molecule has 0 aromatic heterocycles. The van der Waals surface area contributed by atoms with Crippen LogP contribution in [0.4, 0.5) is 5.69 Å². The van der Waals surface area contributed by atoms with E-state index >= 15 is 0 Å². The van der Waals surface area contributed by atoms with Crippen LogP contribution in [0.2, 0.25) is 0 Å². The number of carboxylic acids is 1. The molecule has 0 saturated carbocycles. The molecule has 0 unspecified atom stereocenters. The smallest absolute Gasteiger partial charge is 0.320 e. The van der Waals surface area contributed by atoms with Crippen LogP contribution in [0.15, 0.2) is 24.3 Å². The van der Waals surface area contributed by atoms with Crippen LogP contribution in [-0.2, 0) is 9.59 Å². The van der Waals surface area contributed by atoms with E-state index in [1.165, 1.54) is 11.3 Å². The van der Waals surface area contributed by atoms with Gasteiger partial charge in [-0.15, -0.1) is 0 Å². The Bertz CT molecular complexity index is 673. The number of nitrogens with zero attached hydrogens (tertiary/aromatic N) is 3. The highest BCUT2D eigenvalue weighted by Gasteiger charge is 2.35. The second-order valence-corrected chi connectivity index (χ2v) is 7.71. The summed E-state index contributed by atoms with van der Waals surface area (Å²) in [6.45, 7) is 7.30. The molecule has 2 atom stereocenters. The zero-order valence-electron chi connectivity index (χ0n) is 16.2. The van der Waals surface area contributed by atoms with Crippen LogP contribution in [0, 0.1) is 6.92 Å². The maximum atomic E-state index is 12.2. The lowest BCUT2D eigenvalue weighted by molar-refractivity contribution is -0.141. The lowest BCUT2D eigenvalue weighted by Gasteiger charge is -2.36. The lowest BCUT2D eigenvalue weighted by Crippen LogP contribution is -2.47. The predicted octanol–water partition coefficient (Wildman–Crippen LogP) is 0.781. The van der Waals surface area contributed by atoms with E-state index in [0.717, 1.165) is 32.7 Å². The minimum atomic E-state index is -0.819. The van der Waals surface area contributed by atoms with Crippen LogP contribution in [0.3, 0.4) is 0 Å². The van der Waals surface area contributed by atoms with E-state index in [4.69, 9.17) is 5.11 Å². The van der Waals surface area contributed by atoms with Crippen molar-refractivity contribution < 1.29 is 14.7 Å². The van der Waals surface area contributed by atoms with Gasteiger partial charge in [-0.25, -0.2) is 0 Å². The molecule has 0 bridgehead atoms. The second-order valence-electron chi connectivity index (χ2n) is 7.71. The number of piperazine rings is 1. The zero-order valence-corrected chi connectivity index (χ0v) is 16.2. The average Bonchev–Trinajstić information content (AvgIpc) is 3.01. The van der Waals surface area contributed by atoms with Gasteiger partial charge in [-0.05, 0) is 38.1 Å². The van der Waals surface area contributed by atoms with Gasteiger partial charge in [0.15, 0.2) is 0 Å². The summed E-state index contributed by atoms with van der Waals surface area (Å²) in [5.41, 5.74) is 2.54. The Morgan fingerprint density at radius 3 is 2.59 bits per heavy atom. The number of amides is 1. The van der Waals surface area contributed by atoms with Crippen molar-refractivity contribution in [3.05, 3.63) is 29.8 Å². The first-order chi connectivity index (χ1) is 12.9. The number of rotatable bonds is 6. The predicted molar refractivity (Wildman–Crippen MR) is 105 cm³/mol. The summed E-state index contributed by atoms with van der Waals surface area (Å²) in [5.74, 6) is -0.804. The van der Waals surface area contributed by atoms with Crippen molar-refractivity contribution in [1.29, 1.82) is 0 Å². The van der Waals surface area contributed by atoms with Crippen LogP contribution in [0.5, 0.6) is 0 Å². The Hall–Kier alpha value is -2.12. The van der Waals surface area contributed by atoms with Gasteiger partial charge in [-0.1, -0.05) is 12.1 Å². The lowest BCUT2D eigenvalue weighted by atomic mass is 10.1. The number of carbonyl (C=O) groups is 2. The third-order valence-electron chi connectivity index (χ3n) is 5.59. The molecule has 148 valence electrons. The van der Waals surface area contributed by atoms with Crippen LogP contribution in [-0.4, -0.2) is 85.2 Å². The summed E-state index contributed by atoms with van der Waals surface area (Å²) in [6.07, 6.45) is 0.940. The van der Waals surface area contributed by atoms with Gasteiger partial charge >= 0.3 is 5.97 Å². The molecule has 2 aliphatic heterocycles. The van der Waals surface area contributed by atoms with Gasteiger partial charge in [0, 0.05) is 57.4 Å². The van der Waals surface area contributed by atoms with Crippen LogP contribution < -0.4 is 10.2 Å². The van der Waals surface area contributed by atoms with Crippen LogP contribution in [0.25, 0.3) is 0 Å². The fraction of sp³-hybridized carbons (Fsp3) is 0.600. The highest BCUT2D eigenvalue weighted by molar-refractivity contribution is 5.77. The molecular formula is C20H30N4O3. The molecule has 27 heavy (non-hydrogen) atoms. The topological polar surface area (TPSA) is 76.1 Å². The van der Waals surface area contributed by atoms with Gasteiger partial charge < -0.3 is 15.3 Å². The van der Waals surface area contributed by atoms with E-state index in [1.807, 2.05) is 0 Å². The number of nitrogens with one attached hydrogen (secondary N) is 1. The standard InChI is InChI=1S/C20H30N4O3/c1-15-4-3-5-17(12-15)24-10-8-23(9-11-24)7-6-19(25)21-16-13-18(20(26)27)22(2)14-16/h3-5,12,16,18H,6-11,13-14H2,1-2H3,(H,21,25)(H,26,27)/t16-,18+/m1/s1. The average molecular weight is 374 g/mol. The number of aliphatic carboxylic acids is 1. The van der Waals surface area contributed by atoms with E-state index in [2.05, 4.69) is 46.3 Å². The van der Waals surface area contributed by atoms with Gasteiger partial charge in [0.2, 0.25) is 5.91 Å². The Labute approximate surface area is 160 Å². The van der Waals surface area contributed by atoms with Gasteiger partial charge in [0.1, 0.15) is 6.04 Å².